The molecule has 3 aromatic carbocycles. The second-order valence-corrected chi connectivity index (χ2v) is 5.84. The lowest BCUT2D eigenvalue weighted by Gasteiger charge is -2.09. The van der Waals surface area contributed by atoms with Crippen molar-refractivity contribution >= 4 is 20.9 Å². The molecule has 0 radical (unpaired) electrons. The van der Waals surface area contributed by atoms with Gasteiger partial charge in [0.05, 0.1) is 0 Å². The molecule has 0 amide bonds. The Bertz CT molecular complexity index is 834. The fourth-order valence-corrected chi connectivity index (χ4v) is 3.22. The smallest absolute Gasteiger partial charge is 0.339 e. The predicted molar refractivity (Wildman–Crippen MR) is 78.2 cm³/mol. The molecule has 0 bridgehead atoms. The van der Waals surface area contributed by atoms with Gasteiger partial charge >= 0.3 is 10.1 Å². The average Bonchev–Trinajstić information content (AvgIpc) is 2.47. The Morgan fingerprint density at radius 2 is 1.35 bits per heavy atom. The fourth-order valence-electron chi connectivity index (χ4n) is 2.06. The lowest BCUT2D eigenvalue weighted by atomic mass is 10.1. The van der Waals surface area contributed by atoms with Gasteiger partial charge in [0.25, 0.3) is 0 Å². The van der Waals surface area contributed by atoms with Gasteiger partial charge in [-0.15, -0.1) is 0 Å². The summed E-state index contributed by atoms with van der Waals surface area (Å²) in [5.74, 6) is 0.306. The van der Waals surface area contributed by atoms with Crippen LogP contribution < -0.4 is 4.18 Å². The molecule has 4 heteroatoms. The number of rotatable bonds is 3. The van der Waals surface area contributed by atoms with E-state index in [4.69, 9.17) is 4.18 Å². The monoisotopic (exact) mass is 284 g/mol. The minimum absolute atomic E-state index is 0.180. The Morgan fingerprint density at radius 3 is 2.15 bits per heavy atom. The molecule has 0 atom stereocenters. The van der Waals surface area contributed by atoms with Crippen LogP contribution in [0.25, 0.3) is 10.8 Å². The molecule has 0 aromatic heterocycles. The lowest BCUT2D eigenvalue weighted by molar-refractivity contribution is 0.487. The van der Waals surface area contributed by atoms with Gasteiger partial charge < -0.3 is 4.18 Å². The Labute approximate surface area is 117 Å². The van der Waals surface area contributed by atoms with Gasteiger partial charge in [-0.3, -0.25) is 0 Å². The van der Waals surface area contributed by atoms with E-state index >= 15 is 0 Å². The molecule has 3 rings (SSSR count). The maximum atomic E-state index is 12.4. The molecule has 0 saturated heterocycles. The summed E-state index contributed by atoms with van der Waals surface area (Å²) in [6.07, 6.45) is 0. The van der Waals surface area contributed by atoms with E-state index in [9.17, 15) is 8.42 Å². The first kappa shape index (κ1) is 12.7. The number of hydrogen-bond donors (Lipinski definition) is 0. The van der Waals surface area contributed by atoms with Crippen LogP contribution in [0.3, 0.4) is 0 Å². The lowest BCUT2D eigenvalue weighted by Crippen LogP contribution is -2.10. The van der Waals surface area contributed by atoms with E-state index in [2.05, 4.69) is 0 Å². The first-order valence-electron chi connectivity index (χ1n) is 6.14. The van der Waals surface area contributed by atoms with Gasteiger partial charge in [-0.2, -0.15) is 8.42 Å². The summed E-state index contributed by atoms with van der Waals surface area (Å²) in [5.41, 5.74) is 0. The van der Waals surface area contributed by atoms with E-state index in [0.717, 1.165) is 5.39 Å². The topological polar surface area (TPSA) is 43.4 Å². The van der Waals surface area contributed by atoms with Gasteiger partial charge in [0.15, 0.2) is 0 Å². The van der Waals surface area contributed by atoms with Crippen LogP contribution in [0.15, 0.2) is 77.7 Å². The van der Waals surface area contributed by atoms with Crippen LogP contribution in [0, 0.1) is 0 Å². The van der Waals surface area contributed by atoms with Crippen molar-refractivity contribution in [2.24, 2.45) is 0 Å². The molecule has 0 aliphatic carbocycles. The molecule has 0 spiro atoms. The largest absolute Gasteiger partial charge is 0.379 e. The molecule has 20 heavy (non-hydrogen) atoms. The molecule has 100 valence electrons. The van der Waals surface area contributed by atoms with E-state index < -0.39 is 10.1 Å². The Morgan fingerprint density at radius 1 is 0.700 bits per heavy atom. The first-order valence-corrected chi connectivity index (χ1v) is 7.55. The van der Waals surface area contributed by atoms with Gasteiger partial charge in [-0.25, -0.2) is 0 Å². The number of hydrogen-bond acceptors (Lipinski definition) is 3. The van der Waals surface area contributed by atoms with Crippen molar-refractivity contribution in [2.45, 2.75) is 4.90 Å². The van der Waals surface area contributed by atoms with Crippen LogP contribution in [0.4, 0.5) is 0 Å². The van der Waals surface area contributed by atoms with Crippen LogP contribution in [0.1, 0.15) is 0 Å². The summed E-state index contributed by atoms with van der Waals surface area (Å²) in [4.78, 5) is 0.180. The highest BCUT2D eigenvalue weighted by Gasteiger charge is 2.19. The normalized spacial score (nSPS) is 11.4. The standard InChI is InChI=1S/C16H12O3S/c17-20(18,19-14-9-2-1-3-10-14)16-12-6-8-13-7-4-5-11-15(13)16/h1-12H. The van der Waals surface area contributed by atoms with Crippen LogP contribution in [-0.2, 0) is 10.1 Å². The molecule has 0 saturated carbocycles. The maximum Gasteiger partial charge on any atom is 0.339 e. The van der Waals surface area contributed by atoms with Crippen molar-refractivity contribution in [3.63, 3.8) is 0 Å². The first-order chi connectivity index (χ1) is 9.67. The maximum absolute atomic E-state index is 12.4. The number of fused-ring (bicyclic) bond motifs is 1. The molecule has 0 fully saturated rings. The number of benzene rings is 3. The highest BCUT2D eigenvalue weighted by Crippen LogP contribution is 2.25. The zero-order chi connectivity index (χ0) is 14.0. The molecule has 0 aliphatic heterocycles. The van der Waals surface area contributed by atoms with Crippen LogP contribution in [-0.4, -0.2) is 8.42 Å². The van der Waals surface area contributed by atoms with Gasteiger partial charge in [0.1, 0.15) is 10.6 Å². The zero-order valence-electron chi connectivity index (χ0n) is 10.6. The minimum Gasteiger partial charge on any atom is -0.379 e. The van der Waals surface area contributed by atoms with Gasteiger partial charge in [0.2, 0.25) is 0 Å². The summed E-state index contributed by atoms with van der Waals surface area (Å²) in [6, 6.07) is 21.0. The summed E-state index contributed by atoms with van der Waals surface area (Å²) < 4.78 is 30.0. The van der Waals surface area contributed by atoms with E-state index in [1.54, 1.807) is 48.5 Å². The van der Waals surface area contributed by atoms with E-state index in [1.807, 2.05) is 24.3 Å². The van der Waals surface area contributed by atoms with E-state index in [1.165, 1.54) is 0 Å². The third kappa shape index (κ3) is 2.38. The number of para-hydroxylation sites is 1. The van der Waals surface area contributed by atoms with Crippen molar-refractivity contribution in [2.75, 3.05) is 0 Å². The third-order valence-corrected chi connectivity index (χ3v) is 4.27. The molecule has 0 aliphatic rings. The second-order valence-electron chi connectivity index (χ2n) is 4.33. The highest BCUT2D eigenvalue weighted by atomic mass is 32.2. The Balaban J connectivity index is 2.10. The third-order valence-electron chi connectivity index (χ3n) is 2.97. The fraction of sp³-hybridized carbons (Fsp3) is 0. The zero-order valence-corrected chi connectivity index (χ0v) is 11.4. The van der Waals surface area contributed by atoms with Gasteiger partial charge in [0, 0.05) is 5.39 Å². The quantitative estimate of drug-likeness (QED) is 0.690. The molecular formula is C16H12O3S. The molecule has 0 heterocycles. The van der Waals surface area contributed by atoms with Crippen LogP contribution in [0.5, 0.6) is 5.75 Å². The second kappa shape index (κ2) is 4.98. The molecule has 3 nitrogen and oxygen atoms in total. The Hall–Kier alpha value is -2.33. The van der Waals surface area contributed by atoms with Gasteiger partial charge in [-0.1, -0.05) is 54.6 Å². The Kier molecular flexibility index (Phi) is 3.16. The van der Waals surface area contributed by atoms with E-state index in [0.29, 0.717) is 11.1 Å². The summed E-state index contributed by atoms with van der Waals surface area (Å²) in [5, 5.41) is 1.52. The van der Waals surface area contributed by atoms with Crippen molar-refractivity contribution in [1.82, 2.24) is 0 Å². The minimum atomic E-state index is -3.84. The summed E-state index contributed by atoms with van der Waals surface area (Å²) in [6.45, 7) is 0. The van der Waals surface area contributed by atoms with Crippen molar-refractivity contribution in [3.05, 3.63) is 72.8 Å². The molecule has 0 N–H and O–H groups in total. The van der Waals surface area contributed by atoms with Gasteiger partial charge in [-0.05, 0) is 23.6 Å². The SMILES string of the molecule is O=S(=O)(Oc1ccccc1)c1cccc2ccccc12. The molecule has 3 aromatic rings. The molecule has 0 unspecified atom stereocenters. The van der Waals surface area contributed by atoms with Crippen molar-refractivity contribution in [1.29, 1.82) is 0 Å². The van der Waals surface area contributed by atoms with E-state index in [-0.39, 0.29) is 4.90 Å². The predicted octanol–water partition coefficient (Wildman–Crippen LogP) is 3.61. The van der Waals surface area contributed by atoms with Crippen LogP contribution in [0.2, 0.25) is 0 Å². The van der Waals surface area contributed by atoms with Crippen molar-refractivity contribution < 1.29 is 12.6 Å². The molecular weight excluding hydrogens is 272 g/mol. The van der Waals surface area contributed by atoms with Crippen LogP contribution >= 0.6 is 0 Å². The highest BCUT2D eigenvalue weighted by molar-refractivity contribution is 7.87. The van der Waals surface area contributed by atoms with Crippen molar-refractivity contribution in [3.8, 4) is 5.75 Å². The summed E-state index contributed by atoms with van der Waals surface area (Å²) >= 11 is 0. The summed E-state index contributed by atoms with van der Waals surface area (Å²) in [7, 11) is -3.84. The average molecular weight is 284 g/mol.